The number of thioether (sulfide) groups is 1. The SMILES string of the molecule is COc1ccc(-[n+]2[nH]oc(=O)c2C(=O)CSC2=N/C(=C\c3c(F)cccc3Cl)C(=O)N2c2ccccc2)cc1. The van der Waals surface area contributed by atoms with Crippen LogP contribution in [0.5, 0.6) is 5.75 Å². The van der Waals surface area contributed by atoms with Gasteiger partial charge in [0.05, 0.1) is 23.6 Å². The van der Waals surface area contributed by atoms with Crippen LogP contribution in [-0.2, 0) is 4.79 Å². The van der Waals surface area contributed by atoms with Gasteiger partial charge in [-0.1, -0.05) is 47.6 Å². The van der Waals surface area contributed by atoms with Crippen molar-refractivity contribution in [2.24, 2.45) is 4.99 Å². The highest BCUT2D eigenvalue weighted by Crippen LogP contribution is 2.31. The third-order valence-corrected chi connectivity index (χ3v) is 6.97. The van der Waals surface area contributed by atoms with Crippen LogP contribution in [0.4, 0.5) is 10.1 Å². The Balaban J connectivity index is 1.45. The highest BCUT2D eigenvalue weighted by atomic mass is 35.5. The number of amides is 1. The number of methoxy groups -OCH3 is 1. The fourth-order valence-corrected chi connectivity index (χ4v) is 4.90. The van der Waals surface area contributed by atoms with E-state index in [0.29, 0.717) is 17.1 Å². The van der Waals surface area contributed by atoms with Gasteiger partial charge >= 0.3 is 11.3 Å². The Morgan fingerprint density at radius 2 is 1.87 bits per heavy atom. The molecule has 1 aliphatic rings. The highest BCUT2D eigenvalue weighted by Gasteiger charge is 2.35. The number of aromatic nitrogens is 2. The summed E-state index contributed by atoms with van der Waals surface area (Å²) < 4.78 is 25.7. The number of nitrogens with zero attached hydrogens (tertiary/aromatic N) is 3. The van der Waals surface area contributed by atoms with Crippen molar-refractivity contribution < 1.29 is 27.9 Å². The van der Waals surface area contributed by atoms with E-state index < -0.39 is 23.1 Å². The Labute approximate surface area is 230 Å². The normalized spacial score (nSPS) is 14.1. The minimum absolute atomic E-state index is 0.0204. The first kappa shape index (κ1) is 26.1. The summed E-state index contributed by atoms with van der Waals surface area (Å²) in [6.45, 7) is 0. The lowest BCUT2D eigenvalue weighted by Crippen LogP contribution is -2.41. The van der Waals surface area contributed by atoms with E-state index in [1.807, 2.05) is 0 Å². The number of H-pyrrole nitrogens is 1. The van der Waals surface area contributed by atoms with E-state index in [9.17, 15) is 18.8 Å². The van der Waals surface area contributed by atoms with Crippen molar-refractivity contribution in [2.45, 2.75) is 0 Å². The zero-order chi connectivity index (χ0) is 27.5. The Morgan fingerprint density at radius 3 is 2.56 bits per heavy atom. The van der Waals surface area contributed by atoms with Crippen molar-refractivity contribution in [3.63, 3.8) is 0 Å². The van der Waals surface area contributed by atoms with E-state index >= 15 is 0 Å². The van der Waals surface area contributed by atoms with E-state index in [-0.39, 0.29) is 32.9 Å². The summed E-state index contributed by atoms with van der Waals surface area (Å²) in [7, 11) is 1.52. The van der Waals surface area contributed by atoms with Crippen LogP contribution in [0, 0.1) is 5.82 Å². The standard InChI is InChI=1S/C27H18ClFN4O5S/c1-37-18-12-10-17(11-13-18)33-24(26(36)38-31-33)23(34)15-39-27-30-22(14-19-20(28)8-5-9-21(19)29)25(35)32(27)16-6-3-2-4-7-16/h2-14H,15H2,1H3/p+1/b22-14-. The number of ketones is 1. The number of para-hydroxylation sites is 1. The summed E-state index contributed by atoms with van der Waals surface area (Å²) in [5, 5.41) is 2.73. The van der Waals surface area contributed by atoms with Gasteiger partial charge in [-0.3, -0.25) is 19.0 Å². The number of nitrogens with one attached hydrogen (secondary N) is 1. The van der Waals surface area contributed by atoms with Crippen molar-refractivity contribution in [2.75, 3.05) is 17.8 Å². The number of aliphatic imine (C=N–C) groups is 1. The fraction of sp³-hybridized carbons (Fsp3) is 0.0741. The van der Waals surface area contributed by atoms with Crippen molar-refractivity contribution in [3.8, 4) is 11.4 Å². The maximum Gasteiger partial charge on any atom is 0.438 e. The molecule has 0 saturated carbocycles. The number of benzene rings is 3. The number of hydrogen-bond donors (Lipinski definition) is 1. The van der Waals surface area contributed by atoms with Crippen LogP contribution in [0.2, 0.25) is 5.02 Å². The first-order chi connectivity index (χ1) is 18.9. The van der Waals surface area contributed by atoms with Crippen LogP contribution < -0.4 is 19.9 Å². The van der Waals surface area contributed by atoms with Gasteiger partial charge in [-0.15, -0.1) is 0 Å². The smallest absolute Gasteiger partial charge is 0.438 e. The Morgan fingerprint density at radius 1 is 1.13 bits per heavy atom. The molecule has 0 aliphatic carbocycles. The number of carbonyl (C=O) groups is 2. The summed E-state index contributed by atoms with van der Waals surface area (Å²) in [5.41, 5.74) is -0.157. The van der Waals surface area contributed by atoms with E-state index in [4.69, 9.17) is 20.9 Å². The molecule has 0 radical (unpaired) electrons. The van der Waals surface area contributed by atoms with Gasteiger partial charge in [0.1, 0.15) is 17.3 Å². The van der Waals surface area contributed by atoms with E-state index in [1.54, 1.807) is 54.6 Å². The maximum atomic E-state index is 14.4. The molecule has 5 rings (SSSR count). The lowest BCUT2D eigenvalue weighted by atomic mass is 10.1. The second-order valence-corrected chi connectivity index (χ2v) is 9.46. The highest BCUT2D eigenvalue weighted by molar-refractivity contribution is 8.14. The Bertz CT molecular complexity index is 1660. The van der Waals surface area contributed by atoms with Gasteiger partial charge in [0, 0.05) is 17.7 Å². The Hall–Kier alpha value is -4.48. The molecule has 12 heteroatoms. The lowest BCUT2D eigenvalue weighted by molar-refractivity contribution is -0.672. The number of anilines is 1. The number of halogens is 2. The Kier molecular flexibility index (Phi) is 7.44. The zero-order valence-corrected chi connectivity index (χ0v) is 21.8. The molecule has 1 amide bonds. The summed E-state index contributed by atoms with van der Waals surface area (Å²) in [6.07, 6.45) is 1.27. The summed E-state index contributed by atoms with van der Waals surface area (Å²) in [5.74, 6) is -1.35. The second kappa shape index (κ2) is 11.1. The number of hydrogen-bond acceptors (Lipinski definition) is 7. The third kappa shape index (κ3) is 5.27. The predicted molar refractivity (Wildman–Crippen MR) is 145 cm³/mol. The molecule has 0 fully saturated rings. The minimum Gasteiger partial charge on any atom is -0.497 e. The predicted octanol–water partition coefficient (Wildman–Crippen LogP) is 4.41. The monoisotopic (exact) mass is 565 g/mol. The molecule has 2 heterocycles. The van der Waals surface area contributed by atoms with Crippen LogP contribution in [0.1, 0.15) is 16.1 Å². The van der Waals surface area contributed by atoms with Gasteiger partial charge in [-0.2, -0.15) is 0 Å². The van der Waals surface area contributed by atoms with Crippen LogP contribution in [0.15, 0.2) is 92.8 Å². The summed E-state index contributed by atoms with van der Waals surface area (Å²) >= 11 is 7.09. The molecule has 0 saturated heterocycles. The lowest BCUT2D eigenvalue weighted by Gasteiger charge is -2.17. The number of Topliss-reactive ketones (excluding diaryl/α,β-unsaturated/α-hetero) is 1. The van der Waals surface area contributed by atoms with Crippen LogP contribution in [-0.4, -0.2) is 35.0 Å². The maximum absolute atomic E-state index is 14.4. The fourth-order valence-electron chi connectivity index (χ4n) is 3.81. The molecule has 39 heavy (non-hydrogen) atoms. The van der Waals surface area contributed by atoms with Gasteiger partial charge in [-0.05, 0) is 52.4 Å². The molecule has 196 valence electrons. The molecular formula is C27H19ClFN4O5S+. The minimum atomic E-state index is -0.851. The molecule has 0 atom stereocenters. The summed E-state index contributed by atoms with van der Waals surface area (Å²) in [6, 6.07) is 19.5. The molecule has 1 aliphatic heterocycles. The molecule has 4 aromatic rings. The first-order valence-corrected chi connectivity index (χ1v) is 12.8. The van der Waals surface area contributed by atoms with E-state index in [2.05, 4.69) is 10.3 Å². The van der Waals surface area contributed by atoms with Crippen LogP contribution >= 0.6 is 23.4 Å². The van der Waals surface area contributed by atoms with E-state index in [1.165, 1.54) is 41.0 Å². The van der Waals surface area contributed by atoms with Crippen molar-refractivity contribution in [1.82, 2.24) is 5.27 Å². The van der Waals surface area contributed by atoms with Gasteiger partial charge in [0.15, 0.2) is 5.17 Å². The van der Waals surface area contributed by atoms with Gasteiger partial charge < -0.3 is 4.74 Å². The van der Waals surface area contributed by atoms with Gasteiger partial charge in [0.25, 0.3) is 5.91 Å². The van der Waals surface area contributed by atoms with E-state index in [0.717, 1.165) is 11.8 Å². The van der Waals surface area contributed by atoms with Gasteiger partial charge in [0.2, 0.25) is 11.5 Å². The number of carbonyl (C=O) groups excluding carboxylic acids is 2. The van der Waals surface area contributed by atoms with Crippen molar-refractivity contribution >= 4 is 52.0 Å². The van der Waals surface area contributed by atoms with Crippen molar-refractivity contribution in [1.29, 1.82) is 0 Å². The molecular weight excluding hydrogens is 547 g/mol. The molecule has 0 spiro atoms. The number of rotatable bonds is 7. The number of ether oxygens (including phenoxy) is 1. The molecule has 0 bridgehead atoms. The molecule has 1 aromatic heterocycles. The molecule has 9 nitrogen and oxygen atoms in total. The average molecular weight is 566 g/mol. The van der Waals surface area contributed by atoms with Crippen molar-refractivity contribution in [3.05, 3.63) is 111 Å². The van der Waals surface area contributed by atoms with Crippen LogP contribution in [0.25, 0.3) is 11.8 Å². The number of aromatic amines is 1. The second-order valence-electron chi connectivity index (χ2n) is 8.11. The topological polar surface area (TPSA) is 109 Å². The number of amidine groups is 1. The zero-order valence-electron chi connectivity index (χ0n) is 20.3. The quantitative estimate of drug-likeness (QED) is 0.202. The largest absolute Gasteiger partial charge is 0.497 e. The summed E-state index contributed by atoms with van der Waals surface area (Å²) in [4.78, 5) is 44.7. The molecule has 3 aromatic carbocycles. The van der Waals surface area contributed by atoms with Crippen LogP contribution in [0.3, 0.4) is 0 Å². The third-order valence-electron chi connectivity index (χ3n) is 5.70. The first-order valence-electron chi connectivity index (χ1n) is 11.4. The molecule has 1 N–H and O–H groups in total. The van der Waals surface area contributed by atoms with Gasteiger partial charge in [-0.25, -0.2) is 14.2 Å². The average Bonchev–Trinajstić information content (AvgIpc) is 3.49. The molecule has 0 unspecified atom stereocenters.